The fourth-order valence-electron chi connectivity index (χ4n) is 2.65. The summed E-state index contributed by atoms with van der Waals surface area (Å²) in [6, 6.07) is 8.70. The summed E-state index contributed by atoms with van der Waals surface area (Å²) in [4.78, 5) is 16.2. The number of thiophene rings is 1. The van der Waals surface area contributed by atoms with Crippen molar-refractivity contribution in [2.75, 3.05) is 0 Å². The Morgan fingerprint density at radius 2 is 2.09 bits per heavy atom. The molecule has 0 radical (unpaired) electrons. The van der Waals surface area contributed by atoms with Crippen LogP contribution in [0.25, 0.3) is 0 Å². The van der Waals surface area contributed by atoms with E-state index in [1.807, 2.05) is 0 Å². The summed E-state index contributed by atoms with van der Waals surface area (Å²) in [7, 11) is 0. The van der Waals surface area contributed by atoms with Crippen molar-refractivity contribution in [2.45, 2.75) is 25.7 Å². The van der Waals surface area contributed by atoms with Crippen LogP contribution in [-0.2, 0) is 12.8 Å². The molecule has 1 aromatic heterocycles. The third kappa shape index (κ3) is 2.63. The second-order valence-corrected chi connectivity index (χ2v) is 6.16. The lowest BCUT2D eigenvalue weighted by molar-refractivity contribution is -0.385. The largest absolute Gasteiger partial charge is 0.278 e. The first-order valence-electron chi connectivity index (χ1n) is 7.03. The number of fused-ring (bicyclic) bond motifs is 1. The maximum absolute atomic E-state index is 11.0. The van der Waals surface area contributed by atoms with E-state index in [4.69, 9.17) is 0 Å². The summed E-state index contributed by atoms with van der Waals surface area (Å²) < 4.78 is 0. The van der Waals surface area contributed by atoms with Crippen LogP contribution in [0.5, 0.6) is 0 Å². The molecule has 5 nitrogen and oxygen atoms in total. The lowest BCUT2D eigenvalue weighted by Crippen LogP contribution is -1.99. The van der Waals surface area contributed by atoms with Crippen molar-refractivity contribution in [3.05, 3.63) is 55.9 Å². The van der Waals surface area contributed by atoms with E-state index in [0.717, 1.165) is 31.2 Å². The minimum Gasteiger partial charge on any atom is -0.258 e. The van der Waals surface area contributed by atoms with Crippen molar-refractivity contribution in [3.8, 4) is 6.07 Å². The van der Waals surface area contributed by atoms with Gasteiger partial charge >= 0.3 is 0 Å². The number of benzene rings is 1. The Hall–Kier alpha value is -2.52. The van der Waals surface area contributed by atoms with Crippen LogP contribution >= 0.6 is 11.3 Å². The molecular weight excluding hydrogens is 298 g/mol. The predicted octanol–water partition coefficient (Wildman–Crippen LogP) is 4.16. The number of aryl methyl sites for hydroxylation is 1. The molecule has 0 atom stereocenters. The van der Waals surface area contributed by atoms with Crippen molar-refractivity contribution < 1.29 is 4.92 Å². The molecule has 6 heteroatoms. The third-order valence-electron chi connectivity index (χ3n) is 3.72. The lowest BCUT2D eigenvalue weighted by atomic mass is 9.96. The summed E-state index contributed by atoms with van der Waals surface area (Å²) in [6.45, 7) is 0. The van der Waals surface area contributed by atoms with Gasteiger partial charge in [-0.25, -0.2) is 4.99 Å². The number of nitrogens with zero attached hydrogens (tertiary/aromatic N) is 3. The van der Waals surface area contributed by atoms with Crippen LogP contribution in [0.1, 0.15) is 34.4 Å². The van der Waals surface area contributed by atoms with E-state index in [1.54, 1.807) is 18.2 Å². The molecule has 1 aromatic carbocycles. The van der Waals surface area contributed by atoms with E-state index in [1.165, 1.54) is 28.5 Å². The Labute approximate surface area is 131 Å². The molecule has 0 saturated carbocycles. The monoisotopic (exact) mass is 311 g/mol. The highest BCUT2D eigenvalue weighted by Crippen LogP contribution is 2.39. The molecular formula is C16H13N3O2S. The number of hydrogen-bond donors (Lipinski definition) is 0. The summed E-state index contributed by atoms with van der Waals surface area (Å²) in [6.07, 6.45) is 5.65. The zero-order valence-electron chi connectivity index (χ0n) is 11.8. The van der Waals surface area contributed by atoms with E-state index >= 15 is 0 Å². The maximum Gasteiger partial charge on any atom is 0.278 e. The van der Waals surface area contributed by atoms with E-state index in [2.05, 4.69) is 11.1 Å². The molecule has 1 aliphatic carbocycles. The van der Waals surface area contributed by atoms with Crippen LogP contribution in [0.15, 0.2) is 29.3 Å². The number of nitro benzene ring substituents is 1. The highest BCUT2D eigenvalue weighted by atomic mass is 32.1. The molecule has 0 unspecified atom stereocenters. The van der Waals surface area contributed by atoms with Crippen LogP contribution in [0, 0.1) is 21.4 Å². The van der Waals surface area contributed by atoms with Crippen LogP contribution in [0.2, 0.25) is 0 Å². The highest BCUT2D eigenvalue weighted by Gasteiger charge is 2.20. The van der Waals surface area contributed by atoms with Gasteiger partial charge in [0.1, 0.15) is 11.1 Å². The third-order valence-corrected chi connectivity index (χ3v) is 4.92. The predicted molar refractivity (Wildman–Crippen MR) is 86.0 cm³/mol. The van der Waals surface area contributed by atoms with Crippen molar-refractivity contribution in [1.82, 2.24) is 0 Å². The van der Waals surface area contributed by atoms with Crippen molar-refractivity contribution >= 4 is 28.2 Å². The van der Waals surface area contributed by atoms with E-state index < -0.39 is 4.92 Å². The van der Waals surface area contributed by atoms with Crippen LogP contribution in [0.4, 0.5) is 10.7 Å². The quantitative estimate of drug-likeness (QED) is 0.485. The topological polar surface area (TPSA) is 79.3 Å². The average Bonchev–Trinajstić information content (AvgIpc) is 2.90. The van der Waals surface area contributed by atoms with E-state index in [9.17, 15) is 15.4 Å². The molecule has 0 spiro atoms. The molecule has 0 saturated heterocycles. The minimum atomic E-state index is -0.425. The Morgan fingerprint density at radius 1 is 1.32 bits per heavy atom. The van der Waals surface area contributed by atoms with Gasteiger partial charge in [-0.1, -0.05) is 12.1 Å². The number of nitro groups is 1. The Balaban J connectivity index is 1.99. The van der Waals surface area contributed by atoms with Crippen LogP contribution in [-0.4, -0.2) is 11.1 Å². The molecule has 0 fully saturated rings. The molecule has 1 heterocycles. The van der Waals surface area contributed by atoms with Gasteiger partial charge < -0.3 is 0 Å². The summed E-state index contributed by atoms with van der Waals surface area (Å²) >= 11 is 1.53. The molecule has 0 bridgehead atoms. The second-order valence-electron chi connectivity index (χ2n) is 5.08. The average molecular weight is 311 g/mol. The molecule has 0 aliphatic heterocycles. The van der Waals surface area contributed by atoms with Crippen molar-refractivity contribution in [2.24, 2.45) is 4.99 Å². The summed E-state index contributed by atoms with van der Waals surface area (Å²) in [5.41, 5.74) is 2.22. The second kappa shape index (κ2) is 6.08. The van der Waals surface area contributed by atoms with Gasteiger partial charge in [-0.2, -0.15) is 5.26 Å². The number of nitriles is 1. The summed E-state index contributed by atoms with van der Waals surface area (Å²) in [5, 5.41) is 21.0. The fourth-order valence-corrected chi connectivity index (χ4v) is 3.83. The highest BCUT2D eigenvalue weighted by molar-refractivity contribution is 7.16. The number of para-hydroxylation sites is 1. The zero-order valence-corrected chi connectivity index (χ0v) is 12.6. The van der Waals surface area contributed by atoms with Crippen LogP contribution < -0.4 is 0 Å². The molecule has 0 N–H and O–H groups in total. The van der Waals surface area contributed by atoms with Crippen molar-refractivity contribution in [3.63, 3.8) is 0 Å². The standard InChI is InChI=1S/C16H13N3O2S/c17-9-13-12-6-2-4-8-15(12)22-16(13)18-10-11-5-1-3-7-14(11)19(20)21/h1,3,5,7,10H,2,4,6,8H2/b18-10+. The molecule has 110 valence electrons. The van der Waals surface area contributed by atoms with Gasteiger partial charge in [-0.15, -0.1) is 11.3 Å². The first kappa shape index (κ1) is 14.4. The lowest BCUT2D eigenvalue weighted by Gasteiger charge is -2.09. The zero-order chi connectivity index (χ0) is 15.5. The van der Waals surface area contributed by atoms with Gasteiger partial charge in [0.2, 0.25) is 0 Å². The fraction of sp³-hybridized carbons (Fsp3) is 0.250. The Kier molecular flexibility index (Phi) is 3.98. The molecule has 0 amide bonds. The van der Waals surface area contributed by atoms with Crippen molar-refractivity contribution in [1.29, 1.82) is 5.26 Å². The van der Waals surface area contributed by atoms with Gasteiger partial charge in [-0.3, -0.25) is 10.1 Å². The van der Waals surface area contributed by atoms with Gasteiger partial charge in [0.15, 0.2) is 0 Å². The molecule has 22 heavy (non-hydrogen) atoms. The maximum atomic E-state index is 11.0. The van der Waals surface area contributed by atoms with Gasteiger partial charge in [0, 0.05) is 17.2 Å². The molecule has 2 aromatic rings. The Morgan fingerprint density at radius 3 is 2.86 bits per heavy atom. The normalized spacial score (nSPS) is 13.8. The number of hydrogen-bond acceptors (Lipinski definition) is 5. The molecule has 3 rings (SSSR count). The first-order valence-corrected chi connectivity index (χ1v) is 7.84. The number of aliphatic imine (C=N–C) groups is 1. The van der Waals surface area contributed by atoms with Gasteiger partial charge in [0.25, 0.3) is 5.69 Å². The van der Waals surface area contributed by atoms with Gasteiger partial charge in [0.05, 0.1) is 16.1 Å². The van der Waals surface area contributed by atoms with E-state index in [0.29, 0.717) is 16.1 Å². The van der Waals surface area contributed by atoms with Crippen LogP contribution in [0.3, 0.4) is 0 Å². The Bertz CT molecular complexity index is 802. The minimum absolute atomic E-state index is 0.0195. The molecule has 1 aliphatic rings. The SMILES string of the molecule is N#Cc1c(/N=C/c2ccccc2[N+](=O)[O-])sc2c1CCCC2. The smallest absolute Gasteiger partial charge is 0.258 e. The first-order chi connectivity index (χ1) is 10.7. The number of rotatable bonds is 3. The van der Waals surface area contributed by atoms with Gasteiger partial charge in [-0.05, 0) is 37.3 Å². The summed E-state index contributed by atoms with van der Waals surface area (Å²) in [5.74, 6) is 0. The van der Waals surface area contributed by atoms with E-state index in [-0.39, 0.29) is 5.69 Å².